The summed E-state index contributed by atoms with van der Waals surface area (Å²) in [6, 6.07) is 31.0. The van der Waals surface area contributed by atoms with Gasteiger partial charge in [0, 0.05) is 42.6 Å². The summed E-state index contributed by atoms with van der Waals surface area (Å²) in [5.41, 5.74) is 9.19. The first-order chi connectivity index (χ1) is 17.2. The van der Waals surface area contributed by atoms with Gasteiger partial charge in [0.1, 0.15) is 0 Å². The summed E-state index contributed by atoms with van der Waals surface area (Å²) < 4.78 is 5.18. The molecule has 0 N–H and O–H groups in total. The fourth-order valence-corrected chi connectivity index (χ4v) is 7.84. The van der Waals surface area contributed by atoms with Crippen LogP contribution in [0.25, 0.3) is 58.8 Å². The standard InChI is InChI=1S/C32H22N2S/c1-32(2)23-14-6-3-11-20(23)26-27-21-12-4-7-15-24(21)34(19-10-9-17-33-18-19)30(27)28-22-13-5-8-16-25(22)35-31(28)29(26)32/h3-18H,1-2H3. The van der Waals surface area contributed by atoms with Crippen LogP contribution in [-0.2, 0) is 5.41 Å². The van der Waals surface area contributed by atoms with E-state index in [-0.39, 0.29) is 5.41 Å². The zero-order valence-electron chi connectivity index (χ0n) is 19.5. The zero-order valence-corrected chi connectivity index (χ0v) is 20.4. The molecule has 1 aliphatic rings. The van der Waals surface area contributed by atoms with Crippen molar-refractivity contribution in [3.05, 3.63) is 108 Å². The molecule has 4 aromatic carbocycles. The van der Waals surface area contributed by atoms with Crippen molar-refractivity contribution in [1.29, 1.82) is 0 Å². The molecule has 0 unspecified atom stereocenters. The number of aromatic nitrogens is 2. The Balaban J connectivity index is 1.76. The molecule has 3 heteroatoms. The average Bonchev–Trinajstić information content (AvgIpc) is 3.51. The number of pyridine rings is 1. The lowest BCUT2D eigenvalue weighted by Crippen LogP contribution is -2.15. The van der Waals surface area contributed by atoms with E-state index in [1.54, 1.807) is 0 Å². The second-order valence-electron chi connectivity index (χ2n) is 10.0. The van der Waals surface area contributed by atoms with Crippen molar-refractivity contribution in [1.82, 2.24) is 9.55 Å². The van der Waals surface area contributed by atoms with E-state index >= 15 is 0 Å². The van der Waals surface area contributed by atoms with Gasteiger partial charge in [-0.05, 0) is 46.5 Å². The normalized spacial score (nSPS) is 14.2. The quantitative estimate of drug-likeness (QED) is 0.236. The second-order valence-corrected chi connectivity index (χ2v) is 11.1. The molecule has 0 saturated carbocycles. The van der Waals surface area contributed by atoms with Crippen LogP contribution in [0.3, 0.4) is 0 Å². The maximum Gasteiger partial charge on any atom is 0.0645 e. The van der Waals surface area contributed by atoms with Crippen molar-refractivity contribution in [2.45, 2.75) is 19.3 Å². The molecule has 8 rings (SSSR count). The van der Waals surface area contributed by atoms with E-state index in [0.717, 1.165) is 5.69 Å². The minimum Gasteiger partial charge on any atom is -0.307 e. The summed E-state index contributed by atoms with van der Waals surface area (Å²) in [7, 11) is 0. The van der Waals surface area contributed by atoms with E-state index in [2.05, 4.69) is 102 Å². The molecule has 0 bridgehead atoms. The molecule has 2 nitrogen and oxygen atoms in total. The second kappa shape index (κ2) is 6.59. The van der Waals surface area contributed by atoms with Gasteiger partial charge in [-0.25, -0.2) is 0 Å². The van der Waals surface area contributed by atoms with Crippen LogP contribution in [0, 0.1) is 0 Å². The predicted octanol–water partition coefficient (Wildman–Crippen LogP) is 8.85. The van der Waals surface area contributed by atoms with Gasteiger partial charge in [-0.2, -0.15) is 0 Å². The van der Waals surface area contributed by atoms with Crippen LogP contribution in [0.2, 0.25) is 0 Å². The Morgan fingerprint density at radius 1 is 0.771 bits per heavy atom. The van der Waals surface area contributed by atoms with Gasteiger partial charge in [0.25, 0.3) is 0 Å². The third kappa shape index (κ3) is 2.32. The van der Waals surface area contributed by atoms with Gasteiger partial charge >= 0.3 is 0 Å². The van der Waals surface area contributed by atoms with Gasteiger partial charge in [0.15, 0.2) is 0 Å². The van der Waals surface area contributed by atoms with Crippen molar-refractivity contribution < 1.29 is 0 Å². The first-order valence-electron chi connectivity index (χ1n) is 12.1. The van der Waals surface area contributed by atoms with E-state index in [4.69, 9.17) is 0 Å². The average molecular weight is 467 g/mol. The Morgan fingerprint density at radius 2 is 1.54 bits per heavy atom. The third-order valence-electron chi connectivity index (χ3n) is 7.83. The highest BCUT2D eigenvalue weighted by Gasteiger charge is 2.40. The molecule has 3 heterocycles. The van der Waals surface area contributed by atoms with E-state index in [1.165, 1.54) is 64.2 Å². The smallest absolute Gasteiger partial charge is 0.0645 e. The van der Waals surface area contributed by atoms with Gasteiger partial charge < -0.3 is 4.57 Å². The lowest BCUT2D eigenvalue weighted by atomic mass is 9.81. The van der Waals surface area contributed by atoms with E-state index in [9.17, 15) is 0 Å². The number of nitrogens with zero attached hydrogens (tertiary/aromatic N) is 2. The predicted molar refractivity (Wildman–Crippen MR) is 149 cm³/mol. The van der Waals surface area contributed by atoms with Gasteiger partial charge in [-0.1, -0.05) is 74.5 Å². The molecule has 0 radical (unpaired) electrons. The molecule has 0 atom stereocenters. The first kappa shape index (κ1) is 19.4. The van der Waals surface area contributed by atoms with E-state index in [1.807, 2.05) is 29.8 Å². The highest BCUT2D eigenvalue weighted by atomic mass is 32.1. The van der Waals surface area contributed by atoms with Crippen LogP contribution < -0.4 is 0 Å². The number of thiophene rings is 1. The van der Waals surface area contributed by atoms with Gasteiger partial charge in [-0.15, -0.1) is 11.3 Å². The molecule has 0 aliphatic heterocycles. The van der Waals surface area contributed by atoms with Crippen molar-refractivity contribution in [2.75, 3.05) is 0 Å². The number of hydrogen-bond donors (Lipinski definition) is 0. The maximum atomic E-state index is 4.50. The summed E-state index contributed by atoms with van der Waals surface area (Å²) in [5, 5.41) is 5.35. The molecule has 0 fully saturated rings. The molecule has 0 amide bonds. The van der Waals surface area contributed by atoms with Gasteiger partial charge in [0.2, 0.25) is 0 Å². The van der Waals surface area contributed by atoms with Gasteiger partial charge in [0.05, 0.1) is 22.9 Å². The van der Waals surface area contributed by atoms with Crippen LogP contribution in [0.4, 0.5) is 0 Å². The summed E-state index contributed by atoms with van der Waals surface area (Å²) in [5.74, 6) is 0. The third-order valence-corrected chi connectivity index (χ3v) is 9.02. The molecule has 35 heavy (non-hydrogen) atoms. The molecule has 7 aromatic rings. The molecule has 0 saturated heterocycles. The molecule has 166 valence electrons. The first-order valence-corrected chi connectivity index (χ1v) is 12.9. The summed E-state index contributed by atoms with van der Waals surface area (Å²) >= 11 is 1.94. The van der Waals surface area contributed by atoms with Crippen molar-refractivity contribution >= 4 is 53.3 Å². The topological polar surface area (TPSA) is 17.8 Å². The summed E-state index contributed by atoms with van der Waals surface area (Å²) in [6.07, 6.45) is 3.83. The minimum atomic E-state index is -0.0727. The largest absolute Gasteiger partial charge is 0.307 e. The van der Waals surface area contributed by atoms with Crippen molar-refractivity contribution in [3.8, 4) is 16.8 Å². The molecule has 3 aromatic heterocycles. The molecule has 1 aliphatic carbocycles. The molecular weight excluding hydrogens is 444 g/mol. The van der Waals surface area contributed by atoms with E-state index in [0.29, 0.717) is 0 Å². The van der Waals surface area contributed by atoms with Crippen LogP contribution in [-0.4, -0.2) is 9.55 Å². The number of benzene rings is 4. The van der Waals surface area contributed by atoms with Crippen LogP contribution in [0.15, 0.2) is 97.3 Å². The van der Waals surface area contributed by atoms with Crippen LogP contribution in [0.5, 0.6) is 0 Å². The van der Waals surface area contributed by atoms with Gasteiger partial charge in [-0.3, -0.25) is 4.98 Å². The monoisotopic (exact) mass is 466 g/mol. The van der Waals surface area contributed by atoms with Crippen LogP contribution in [0.1, 0.15) is 25.0 Å². The van der Waals surface area contributed by atoms with E-state index < -0.39 is 0 Å². The fraction of sp³-hybridized carbons (Fsp3) is 0.0938. The summed E-state index contributed by atoms with van der Waals surface area (Å²) in [4.78, 5) is 4.50. The number of fused-ring (bicyclic) bond motifs is 12. The number of para-hydroxylation sites is 1. The van der Waals surface area contributed by atoms with Crippen LogP contribution >= 0.6 is 11.3 Å². The molecular formula is C32H22N2S. The zero-order chi connectivity index (χ0) is 23.3. The Bertz CT molecular complexity index is 1970. The van der Waals surface area contributed by atoms with Crippen molar-refractivity contribution in [3.63, 3.8) is 0 Å². The lowest BCUT2D eigenvalue weighted by molar-refractivity contribution is 0.667. The van der Waals surface area contributed by atoms with Crippen molar-refractivity contribution in [2.24, 2.45) is 0 Å². The summed E-state index contributed by atoms with van der Waals surface area (Å²) in [6.45, 7) is 4.79. The highest BCUT2D eigenvalue weighted by Crippen LogP contribution is 2.58. The number of hydrogen-bond acceptors (Lipinski definition) is 2. The Kier molecular flexibility index (Phi) is 3.64. The fourth-order valence-electron chi connectivity index (χ4n) is 6.43. The lowest BCUT2D eigenvalue weighted by Gasteiger charge is -2.22. The number of rotatable bonds is 1. The SMILES string of the molecule is CC1(C)c2ccccc2-c2c1c1sc3ccccc3c1c1c2c2ccccc2n1-c1cccnc1. The Labute approximate surface area is 207 Å². The Hall–Kier alpha value is -3.95. The molecule has 0 spiro atoms. The minimum absolute atomic E-state index is 0.0727. The Morgan fingerprint density at radius 3 is 2.40 bits per heavy atom. The maximum absolute atomic E-state index is 4.50. The highest BCUT2D eigenvalue weighted by molar-refractivity contribution is 7.26.